The van der Waals surface area contributed by atoms with Crippen molar-refractivity contribution in [1.82, 2.24) is 24.4 Å². The van der Waals surface area contributed by atoms with E-state index in [1.54, 1.807) is 6.33 Å². The van der Waals surface area contributed by atoms with E-state index < -0.39 is 0 Å². The van der Waals surface area contributed by atoms with E-state index in [0.717, 1.165) is 61.7 Å². The Balaban J connectivity index is 1.42. The zero-order valence-corrected chi connectivity index (χ0v) is 16.3. The van der Waals surface area contributed by atoms with E-state index >= 15 is 0 Å². The van der Waals surface area contributed by atoms with Crippen LogP contribution in [0.5, 0.6) is 0 Å². The molecule has 0 aliphatic carbocycles. The van der Waals surface area contributed by atoms with Gasteiger partial charge in [0.05, 0.1) is 5.52 Å². The van der Waals surface area contributed by atoms with Gasteiger partial charge in [-0.05, 0) is 18.2 Å². The molecule has 4 rings (SSSR count). The van der Waals surface area contributed by atoms with E-state index in [-0.39, 0.29) is 0 Å². The number of anilines is 2. The fraction of sp³-hybridized carbons (Fsp3) is 0.450. The van der Waals surface area contributed by atoms with E-state index in [4.69, 9.17) is 0 Å². The van der Waals surface area contributed by atoms with Gasteiger partial charge in [0.1, 0.15) is 18.0 Å². The summed E-state index contributed by atoms with van der Waals surface area (Å²) in [6.45, 7) is 5.30. The third-order valence-electron chi connectivity index (χ3n) is 5.33. The topological polar surface area (TPSA) is 53.3 Å². The van der Waals surface area contributed by atoms with E-state index in [2.05, 4.69) is 54.6 Å². The zero-order valence-electron chi connectivity index (χ0n) is 16.3. The van der Waals surface area contributed by atoms with Crippen molar-refractivity contribution in [3.05, 3.63) is 42.7 Å². The third-order valence-corrected chi connectivity index (χ3v) is 5.33. The number of aryl methyl sites for hydroxylation is 1. The summed E-state index contributed by atoms with van der Waals surface area (Å²) in [7, 11) is 6.11. The molecule has 1 aromatic carbocycles. The zero-order chi connectivity index (χ0) is 18.8. The lowest BCUT2D eigenvalue weighted by atomic mass is 10.1. The maximum absolute atomic E-state index is 4.44. The van der Waals surface area contributed by atoms with Gasteiger partial charge < -0.3 is 14.4 Å². The number of benzene rings is 1. The summed E-state index contributed by atoms with van der Waals surface area (Å²) in [4.78, 5) is 20.3. The molecule has 0 spiro atoms. The van der Waals surface area contributed by atoms with Crippen molar-refractivity contribution in [2.45, 2.75) is 6.42 Å². The summed E-state index contributed by atoms with van der Waals surface area (Å²) in [5.41, 5.74) is 2.25. The van der Waals surface area contributed by atoms with Gasteiger partial charge in [-0.1, -0.05) is 0 Å². The largest absolute Gasteiger partial charge is 0.369 e. The summed E-state index contributed by atoms with van der Waals surface area (Å²) in [5.74, 6) is 2.12. The summed E-state index contributed by atoms with van der Waals surface area (Å²) < 4.78 is 2.11. The molecular formula is C20H27N7. The van der Waals surface area contributed by atoms with Crippen LogP contribution in [-0.4, -0.2) is 71.2 Å². The average Bonchev–Trinajstić information content (AvgIpc) is 3.10. The molecule has 7 heteroatoms. The van der Waals surface area contributed by atoms with Gasteiger partial charge in [0, 0.05) is 83.8 Å². The lowest BCUT2D eigenvalue weighted by molar-refractivity contribution is 0.259. The molecule has 0 unspecified atom stereocenters. The van der Waals surface area contributed by atoms with Gasteiger partial charge in [-0.15, -0.1) is 0 Å². The SMILES string of the molecule is CN(C)c1ncnc2ccc(N3CCN(CCc4nccn4C)CC3)cc12. The summed E-state index contributed by atoms with van der Waals surface area (Å²) in [5, 5.41) is 1.11. The highest BCUT2D eigenvalue weighted by Gasteiger charge is 2.18. The predicted octanol–water partition coefficient (Wildman–Crippen LogP) is 1.79. The van der Waals surface area contributed by atoms with Crippen LogP contribution in [0, 0.1) is 0 Å². The maximum Gasteiger partial charge on any atom is 0.139 e. The Kier molecular flexibility index (Phi) is 4.94. The van der Waals surface area contributed by atoms with Crippen LogP contribution in [0.1, 0.15) is 5.82 Å². The normalized spacial score (nSPS) is 15.4. The van der Waals surface area contributed by atoms with Crippen LogP contribution in [0.15, 0.2) is 36.9 Å². The van der Waals surface area contributed by atoms with Crippen molar-refractivity contribution in [2.24, 2.45) is 7.05 Å². The van der Waals surface area contributed by atoms with Crippen molar-refractivity contribution in [3.63, 3.8) is 0 Å². The third kappa shape index (κ3) is 3.73. The molecule has 0 saturated carbocycles. The highest BCUT2D eigenvalue weighted by molar-refractivity contribution is 5.91. The summed E-state index contributed by atoms with van der Waals surface area (Å²) in [6.07, 6.45) is 6.53. The van der Waals surface area contributed by atoms with Crippen LogP contribution in [0.3, 0.4) is 0 Å². The monoisotopic (exact) mass is 365 g/mol. The first-order valence-electron chi connectivity index (χ1n) is 9.47. The fourth-order valence-corrected chi connectivity index (χ4v) is 3.71. The molecule has 1 saturated heterocycles. The second-order valence-corrected chi connectivity index (χ2v) is 7.33. The first-order chi connectivity index (χ1) is 13.1. The molecule has 0 bridgehead atoms. The highest BCUT2D eigenvalue weighted by atomic mass is 15.3. The van der Waals surface area contributed by atoms with Gasteiger partial charge in [0.2, 0.25) is 0 Å². The minimum absolute atomic E-state index is 0.968. The standard InChI is InChI=1S/C20H27N7/c1-24(2)20-17-14-16(4-5-18(17)22-15-23-20)27-12-10-26(11-13-27)8-6-19-21-7-9-25(19)3/h4-5,7,9,14-15H,6,8,10-13H2,1-3H3. The van der Waals surface area contributed by atoms with Crippen LogP contribution < -0.4 is 9.80 Å². The Morgan fingerprint density at radius 2 is 1.85 bits per heavy atom. The van der Waals surface area contributed by atoms with Crippen LogP contribution in [-0.2, 0) is 13.5 Å². The molecule has 27 heavy (non-hydrogen) atoms. The minimum atomic E-state index is 0.968. The number of rotatable bonds is 5. The highest BCUT2D eigenvalue weighted by Crippen LogP contribution is 2.27. The van der Waals surface area contributed by atoms with Crippen molar-refractivity contribution in [2.75, 3.05) is 56.6 Å². The Morgan fingerprint density at radius 1 is 1.04 bits per heavy atom. The Hall–Kier alpha value is -2.67. The van der Waals surface area contributed by atoms with Crippen LogP contribution in [0.4, 0.5) is 11.5 Å². The molecule has 3 heterocycles. The van der Waals surface area contributed by atoms with Gasteiger partial charge in [-0.3, -0.25) is 4.90 Å². The van der Waals surface area contributed by atoms with E-state index in [1.807, 2.05) is 31.4 Å². The van der Waals surface area contributed by atoms with E-state index in [9.17, 15) is 0 Å². The maximum atomic E-state index is 4.44. The van der Waals surface area contributed by atoms with Crippen LogP contribution in [0.25, 0.3) is 10.9 Å². The molecule has 1 fully saturated rings. The van der Waals surface area contributed by atoms with Crippen LogP contribution in [0.2, 0.25) is 0 Å². The second-order valence-electron chi connectivity index (χ2n) is 7.33. The first kappa shape index (κ1) is 17.7. The van der Waals surface area contributed by atoms with E-state index in [0.29, 0.717) is 0 Å². The lowest BCUT2D eigenvalue weighted by Gasteiger charge is -2.36. The summed E-state index contributed by atoms with van der Waals surface area (Å²) >= 11 is 0. The molecular weight excluding hydrogens is 338 g/mol. The van der Waals surface area contributed by atoms with Crippen LogP contribution >= 0.6 is 0 Å². The molecule has 2 aromatic heterocycles. The quantitative estimate of drug-likeness (QED) is 0.687. The Bertz CT molecular complexity index is 910. The molecule has 0 amide bonds. The number of aromatic nitrogens is 4. The molecule has 0 radical (unpaired) electrons. The number of hydrogen-bond donors (Lipinski definition) is 0. The second kappa shape index (κ2) is 7.52. The van der Waals surface area contributed by atoms with E-state index in [1.165, 1.54) is 5.69 Å². The molecule has 1 aliphatic heterocycles. The van der Waals surface area contributed by atoms with Gasteiger partial charge in [-0.25, -0.2) is 15.0 Å². The first-order valence-corrected chi connectivity index (χ1v) is 9.47. The molecule has 7 nitrogen and oxygen atoms in total. The number of hydrogen-bond acceptors (Lipinski definition) is 6. The van der Waals surface area contributed by atoms with Gasteiger partial charge in [-0.2, -0.15) is 0 Å². The molecule has 0 atom stereocenters. The molecule has 0 N–H and O–H groups in total. The van der Waals surface area contributed by atoms with Crippen molar-refractivity contribution >= 4 is 22.4 Å². The van der Waals surface area contributed by atoms with Gasteiger partial charge in [0.25, 0.3) is 0 Å². The molecule has 3 aromatic rings. The number of fused-ring (bicyclic) bond motifs is 1. The Morgan fingerprint density at radius 3 is 2.56 bits per heavy atom. The Labute approximate surface area is 160 Å². The number of piperazine rings is 1. The lowest BCUT2D eigenvalue weighted by Crippen LogP contribution is -2.47. The van der Waals surface area contributed by atoms with Crippen molar-refractivity contribution in [3.8, 4) is 0 Å². The predicted molar refractivity (Wildman–Crippen MR) is 109 cm³/mol. The summed E-state index contributed by atoms with van der Waals surface area (Å²) in [6, 6.07) is 6.51. The minimum Gasteiger partial charge on any atom is -0.369 e. The molecule has 142 valence electrons. The number of nitrogens with zero attached hydrogens (tertiary/aromatic N) is 7. The fourth-order valence-electron chi connectivity index (χ4n) is 3.71. The van der Waals surface area contributed by atoms with Gasteiger partial charge >= 0.3 is 0 Å². The average molecular weight is 365 g/mol. The van der Waals surface area contributed by atoms with Crippen molar-refractivity contribution < 1.29 is 0 Å². The smallest absolute Gasteiger partial charge is 0.139 e. The van der Waals surface area contributed by atoms with Crippen molar-refractivity contribution in [1.29, 1.82) is 0 Å². The number of imidazole rings is 1. The molecule has 1 aliphatic rings. The van der Waals surface area contributed by atoms with Gasteiger partial charge in [0.15, 0.2) is 0 Å².